The third-order valence-corrected chi connectivity index (χ3v) is 3.66. The summed E-state index contributed by atoms with van der Waals surface area (Å²) in [5, 5.41) is 0. The summed E-state index contributed by atoms with van der Waals surface area (Å²) in [5.41, 5.74) is 5.65. The van der Waals surface area contributed by atoms with Crippen LogP contribution in [-0.2, 0) is 26.2 Å². The Morgan fingerprint density at radius 3 is 1.31 bits per heavy atom. The summed E-state index contributed by atoms with van der Waals surface area (Å²) < 4.78 is 0. The zero-order chi connectivity index (χ0) is 17.5. The molecule has 0 spiro atoms. The topological polar surface area (TPSA) is 0 Å². The van der Waals surface area contributed by atoms with E-state index in [4.69, 9.17) is 0 Å². The van der Waals surface area contributed by atoms with Crippen LogP contribution >= 0.6 is 0 Å². The fraction of sp³-hybridized carbons (Fsp3) is 0.636. The van der Waals surface area contributed by atoms with E-state index < -0.39 is 0 Å². The molecule has 1 radical (unpaired) electrons. The minimum atomic E-state index is 0. The number of halogens is 2. The third kappa shape index (κ3) is 19.4. The van der Waals surface area contributed by atoms with Crippen molar-refractivity contribution in [3.05, 3.63) is 46.6 Å². The molecule has 0 aromatic heterocycles. The van der Waals surface area contributed by atoms with Gasteiger partial charge in [-0.2, -0.15) is 11.1 Å². The summed E-state index contributed by atoms with van der Waals surface area (Å²) in [5.74, 6) is 0. The molecule has 0 atom stereocenters. The van der Waals surface area contributed by atoms with Crippen LogP contribution in [0.25, 0.3) is 0 Å². The molecule has 0 N–H and O–H groups in total. The van der Waals surface area contributed by atoms with Gasteiger partial charge in [0.2, 0.25) is 0 Å². The molecule has 0 aromatic carbocycles. The van der Waals surface area contributed by atoms with Crippen LogP contribution in [0.1, 0.15) is 79.1 Å². The zero-order valence-corrected chi connectivity index (χ0v) is 22.8. The smallest absolute Gasteiger partial charge is 1.00 e. The summed E-state index contributed by atoms with van der Waals surface area (Å²) in [6.07, 6.45) is 21.3. The van der Waals surface area contributed by atoms with Gasteiger partial charge in [-0.25, -0.2) is 35.5 Å². The Morgan fingerprint density at radius 2 is 1.12 bits per heavy atom. The van der Waals surface area contributed by atoms with E-state index in [1.807, 2.05) is 0 Å². The summed E-state index contributed by atoms with van der Waals surface area (Å²) >= 11 is 0. The van der Waals surface area contributed by atoms with Gasteiger partial charge in [0.15, 0.2) is 0 Å². The third-order valence-electron chi connectivity index (χ3n) is 3.66. The Kier molecular flexibility index (Phi) is 31.1. The minimum Gasteiger partial charge on any atom is -1.00 e. The molecule has 0 aliphatic heterocycles. The van der Waals surface area contributed by atoms with Crippen LogP contribution in [0.4, 0.5) is 0 Å². The van der Waals surface area contributed by atoms with E-state index in [0.29, 0.717) is 0 Å². The Balaban J connectivity index is -0.000000147. The van der Waals surface area contributed by atoms with Crippen molar-refractivity contribution in [3.63, 3.8) is 0 Å². The number of allylic oxidation sites excluding steroid dienone is 8. The first kappa shape index (κ1) is 34.2. The Hall–Kier alpha value is 0.640. The fourth-order valence-electron chi connectivity index (χ4n) is 2.37. The first-order chi connectivity index (χ1) is 11.1. The molecule has 0 amide bonds. The second kappa shape index (κ2) is 23.7. The van der Waals surface area contributed by atoms with Crippen molar-refractivity contribution in [3.8, 4) is 0 Å². The van der Waals surface area contributed by atoms with Crippen LogP contribution in [-0.4, -0.2) is 9.52 Å². The van der Waals surface area contributed by atoms with Gasteiger partial charge in [-0.1, -0.05) is 92.2 Å². The Morgan fingerprint density at radius 1 is 0.808 bits per heavy atom. The van der Waals surface area contributed by atoms with E-state index in [2.05, 4.69) is 65.1 Å². The molecule has 4 heteroatoms. The molecule has 0 saturated heterocycles. The van der Waals surface area contributed by atoms with Crippen LogP contribution in [0, 0.1) is 12.2 Å². The van der Waals surface area contributed by atoms with Gasteiger partial charge in [-0.15, -0.1) is 0 Å². The Labute approximate surface area is 198 Å². The molecule has 2 aliphatic rings. The van der Waals surface area contributed by atoms with Gasteiger partial charge in [0, 0.05) is 9.52 Å². The van der Waals surface area contributed by atoms with Gasteiger partial charge >= 0.3 is 26.2 Å². The van der Waals surface area contributed by atoms with E-state index >= 15 is 0 Å². The van der Waals surface area contributed by atoms with Crippen molar-refractivity contribution in [2.75, 3.05) is 0 Å². The van der Waals surface area contributed by atoms with Crippen molar-refractivity contribution in [1.29, 1.82) is 0 Å². The molecule has 0 unspecified atom stereocenters. The van der Waals surface area contributed by atoms with E-state index in [9.17, 15) is 0 Å². The summed E-state index contributed by atoms with van der Waals surface area (Å²) in [6, 6.07) is 0. The van der Waals surface area contributed by atoms with Crippen molar-refractivity contribution < 1.29 is 51.0 Å². The summed E-state index contributed by atoms with van der Waals surface area (Å²) in [6.45, 7) is 13.2. The molecule has 0 bridgehead atoms. The second-order valence-electron chi connectivity index (χ2n) is 6.46. The van der Waals surface area contributed by atoms with Gasteiger partial charge in [0.05, 0.1) is 0 Å². The molecule has 26 heavy (non-hydrogen) atoms. The molecule has 147 valence electrons. The summed E-state index contributed by atoms with van der Waals surface area (Å²) in [7, 11) is 0.750. The molecule has 0 nitrogen and oxygen atoms in total. The van der Waals surface area contributed by atoms with Crippen LogP contribution in [0.15, 0.2) is 34.4 Å². The first-order valence-corrected chi connectivity index (χ1v) is 11.7. The SMILES string of the molecule is CCCCC1=CCC(C)=[C-]1.CCCCC1=CCC(C)=[C-]1.C[SiH]C.[Cl-].[Cl-].[Zr+4]. The second-order valence-corrected chi connectivity index (χ2v) is 7.62. The van der Waals surface area contributed by atoms with Gasteiger partial charge in [0.25, 0.3) is 0 Å². The molecule has 2 rings (SSSR count). The van der Waals surface area contributed by atoms with Gasteiger partial charge in [0.1, 0.15) is 0 Å². The van der Waals surface area contributed by atoms with Gasteiger partial charge in [-0.3, -0.25) is 0 Å². The standard InChI is InChI=1S/2C10H15.C2H7Si.2ClH.Zr/c2*1-3-4-5-10-7-6-9(2)8-10;1-3-2;;;/h2*7H,3-6H2,1-2H3;3H,1-2H3;2*1H;/q2*-1;;;;+4/p-2. The first-order valence-electron chi connectivity index (χ1n) is 9.38. The van der Waals surface area contributed by atoms with E-state index in [0.717, 1.165) is 22.4 Å². The van der Waals surface area contributed by atoms with E-state index in [1.54, 1.807) is 0 Å². The van der Waals surface area contributed by atoms with Crippen LogP contribution in [0.5, 0.6) is 0 Å². The maximum Gasteiger partial charge on any atom is 4.00 e. The van der Waals surface area contributed by atoms with Crippen molar-refractivity contribution in [2.45, 2.75) is 92.2 Å². The normalized spacial score (nSPS) is 13.8. The molecule has 0 aromatic rings. The predicted molar refractivity (Wildman–Crippen MR) is 108 cm³/mol. The van der Waals surface area contributed by atoms with Gasteiger partial charge < -0.3 is 24.8 Å². The molecule has 2 aliphatic carbocycles. The van der Waals surface area contributed by atoms with Crippen LogP contribution < -0.4 is 24.8 Å². The number of hydrogen-bond acceptors (Lipinski definition) is 0. The van der Waals surface area contributed by atoms with Crippen LogP contribution in [0.2, 0.25) is 13.1 Å². The van der Waals surface area contributed by atoms with Crippen molar-refractivity contribution in [1.82, 2.24) is 0 Å². The van der Waals surface area contributed by atoms with Crippen molar-refractivity contribution >= 4 is 9.52 Å². The minimum absolute atomic E-state index is 0. The maximum absolute atomic E-state index is 3.37. The number of hydrogen-bond donors (Lipinski definition) is 0. The molecular weight excluding hydrogens is 454 g/mol. The number of rotatable bonds is 6. The molecule has 0 heterocycles. The van der Waals surface area contributed by atoms with Crippen LogP contribution in [0.3, 0.4) is 0 Å². The summed E-state index contributed by atoms with van der Waals surface area (Å²) in [4.78, 5) is 0. The predicted octanol–water partition coefficient (Wildman–Crippen LogP) is 1.04. The number of unbranched alkanes of at least 4 members (excludes halogenated alkanes) is 2. The largest absolute Gasteiger partial charge is 4.00 e. The Bertz CT molecular complexity index is 397. The van der Waals surface area contributed by atoms with E-state index in [1.165, 1.54) is 60.8 Å². The average Bonchev–Trinajstić information content (AvgIpc) is 3.13. The molecule has 0 fully saturated rings. The van der Waals surface area contributed by atoms with E-state index in [-0.39, 0.29) is 51.0 Å². The fourth-order valence-corrected chi connectivity index (χ4v) is 2.37. The van der Waals surface area contributed by atoms with Crippen molar-refractivity contribution in [2.24, 2.45) is 0 Å². The monoisotopic (exact) mass is 489 g/mol. The maximum atomic E-state index is 3.37. The van der Waals surface area contributed by atoms with Gasteiger partial charge in [-0.05, 0) is 0 Å². The average molecular weight is 492 g/mol. The molecule has 0 saturated carbocycles. The quantitative estimate of drug-likeness (QED) is 0.385. The zero-order valence-electron chi connectivity index (χ0n) is 17.6. The molecular formula is C22H37Cl2SiZr.